The minimum absolute atomic E-state index is 0.139. The van der Waals surface area contributed by atoms with Gasteiger partial charge in [-0.2, -0.15) is 0 Å². The largest absolute Gasteiger partial charge is 0.299 e. The van der Waals surface area contributed by atoms with Crippen LogP contribution >= 0.6 is 0 Å². The fraction of sp³-hybridized carbons (Fsp3) is 0.417. The Bertz CT molecular complexity index is 895. The minimum Gasteiger partial charge on any atom is -0.299 e. The normalized spacial score (nSPS) is 22.3. The van der Waals surface area contributed by atoms with Crippen LogP contribution in [0.25, 0.3) is 0 Å². The number of nitrogens with zero attached hydrogens (tertiary/aromatic N) is 2. The number of fused-ring (bicyclic) bond motifs is 2. The van der Waals surface area contributed by atoms with E-state index >= 15 is 0 Å². The molecule has 28 heavy (non-hydrogen) atoms. The van der Waals surface area contributed by atoms with Gasteiger partial charge < -0.3 is 0 Å². The monoisotopic (exact) mass is 374 g/mol. The molecule has 2 aliphatic heterocycles. The van der Waals surface area contributed by atoms with Gasteiger partial charge in [-0.1, -0.05) is 36.8 Å². The lowest BCUT2D eigenvalue weighted by Crippen LogP contribution is -2.36. The molecule has 2 aromatic rings. The van der Waals surface area contributed by atoms with Crippen molar-refractivity contribution in [2.45, 2.75) is 51.1 Å². The van der Waals surface area contributed by atoms with Gasteiger partial charge in [0.1, 0.15) is 0 Å². The van der Waals surface area contributed by atoms with E-state index in [9.17, 15) is 9.59 Å². The quantitative estimate of drug-likeness (QED) is 0.750. The van der Waals surface area contributed by atoms with Crippen LogP contribution in [0.5, 0.6) is 0 Å². The summed E-state index contributed by atoms with van der Waals surface area (Å²) in [5.41, 5.74) is 4.90. The number of rotatable bonds is 3. The molecule has 5 rings (SSSR count). The maximum Gasteiger partial charge on any atom is 0.262 e. The lowest BCUT2D eigenvalue weighted by Gasteiger charge is -2.32. The van der Waals surface area contributed by atoms with E-state index in [2.05, 4.69) is 23.1 Å². The summed E-state index contributed by atoms with van der Waals surface area (Å²) in [7, 11) is 0. The molecule has 0 radical (unpaired) electrons. The lowest BCUT2D eigenvalue weighted by atomic mass is 9.85. The van der Waals surface area contributed by atoms with Crippen LogP contribution in [0.1, 0.15) is 75.6 Å². The Balaban J connectivity index is 1.42. The Kier molecular flexibility index (Phi) is 4.52. The highest BCUT2D eigenvalue weighted by Crippen LogP contribution is 2.39. The number of aryl methyl sites for hydroxylation is 1. The van der Waals surface area contributed by atoms with E-state index in [-0.39, 0.29) is 17.9 Å². The fourth-order valence-electron chi connectivity index (χ4n) is 5.08. The molecule has 1 aliphatic carbocycles. The van der Waals surface area contributed by atoms with E-state index in [1.807, 2.05) is 12.1 Å². The molecule has 2 aromatic carbocycles. The number of carbonyl (C=O) groups is 2. The maximum atomic E-state index is 12.9. The Morgan fingerprint density at radius 3 is 2.29 bits per heavy atom. The molecule has 1 saturated heterocycles. The molecule has 4 heteroatoms. The average Bonchev–Trinajstić information content (AvgIpc) is 2.99. The summed E-state index contributed by atoms with van der Waals surface area (Å²) in [5, 5.41) is 0. The van der Waals surface area contributed by atoms with E-state index in [0.717, 1.165) is 31.4 Å². The second-order valence-electron chi connectivity index (χ2n) is 8.30. The molecule has 0 N–H and O–H groups in total. The molecule has 0 spiro atoms. The summed E-state index contributed by atoms with van der Waals surface area (Å²) in [6.07, 6.45) is 6.84. The smallest absolute Gasteiger partial charge is 0.262 e. The molecular weight excluding hydrogens is 348 g/mol. The van der Waals surface area contributed by atoms with Crippen molar-refractivity contribution in [3.05, 3.63) is 70.3 Å². The fourth-order valence-corrected chi connectivity index (χ4v) is 5.08. The highest BCUT2D eigenvalue weighted by molar-refractivity contribution is 6.21. The molecule has 0 aromatic heterocycles. The van der Waals surface area contributed by atoms with Crippen molar-refractivity contribution in [3.63, 3.8) is 0 Å². The van der Waals surface area contributed by atoms with Crippen molar-refractivity contribution in [1.82, 2.24) is 9.80 Å². The number of hydrogen-bond donors (Lipinski definition) is 0. The summed E-state index contributed by atoms with van der Waals surface area (Å²) in [5.74, 6) is -0.285. The van der Waals surface area contributed by atoms with Crippen molar-refractivity contribution < 1.29 is 9.59 Å². The van der Waals surface area contributed by atoms with Gasteiger partial charge in [-0.15, -0.1) is 0 Å². The standard InChI is InChI=1S/C24H26N2O2/c27-23-20-8-2-3-9-21(20)24(28)26(23)22-10-6-7-18-15-17(11-12-19(18)22)16-25-13-4-1-5-14-25/h2-3,8-9,11-12,15,22H,1,4-7,10,13-14,16H2/t22-/m1/s1. The van der Waals surface area contributed by atoms with Gasteiger partial charge in [-0.3, -0.25) is 19.4 Å². The number of hydrogen-bond acceptors (Lipinski definition) is 3. The summed E-state index contributed by atoms with van der Waals surface area (Å²) in [6, 6.07) is 13.7. The summed E-state index contributed by atoms with van der Waals surface area (Å²) in [6.45, 7) is 3.38. The van der Waals surface area contributed by atoms with Crippen LogP contribution < -0.4 is 0 Å². The number of amides is 2. The van der Waals surface area contributed by atoms with Gasteiger partial charge in [0.05, 0.1) is 17.2 Å². The predicted octanol–water partition coefficient (Wildman–Crippen LogP) is 4.35. The molecule has 1 atom stereocenters. The number of piperidine rings is 1. The van der Waals surface area contributed by atoms with E-state index in [0.29, 0.717) is 11.1 Å². The Morgan fingerprint density at radius 2 is 1.57 bits per heavy atom. The zero-order chi connectivity index (χ0) is 19.1. The van der Waals surface area contributed by atoms with Crippen molar-refractivity contribution in [2.75, 3.05) is 13.1 Å². The van der Waals surface area contributed by atoms with Crippen LogP contribution in [-0.2, 0) is 13.0 Å². The van der Waals surface area contributed by atoms with Crippen molar-refractivity contribution in [1.29, 1.82) is 0 Å². The third kappa shape index (κ3) is 2.96. The molecule has 2 heterocycles. The molecule has 0 unspecified atom stereocenters. The van der Waals surface area contributed by atoms with Gasteiger partial charge in [-0.05, 0) is 74.0 Å². The number of carbonyl (C=O) groups excluding carboxylic acids is 2. The van der Waals surface area contributed by atoms with E-state index < -0.39 is 0 Å². The van der Waals surface area contributed by atoms with Gasteiger partial charge in [-0.25, -0.2) is 0 Å². The molecule has 2 amide bonds. The van der Waals surface area contributed by atoms with Crippen molar-refractivity contribution in [2.24, 2.45) is 0 Å². The molecule has 4 nitrogen and oxygen atoms in total. The first-order valence-electron chi connectivity index (χ1n) is 10.5. The summed E-state index contributed by atoms with van der Waals surface area (Å²) in [4.78, 5) is 29.9. The molecule has 144 valence electrons. The Labute approximate surface area is 166 Å². The zero-order valence-electron chi connectivity index (χ0n) is 16.2. The highest BCUT2D eigenvalue weighted by Gasteiger charge is 2.41. The number of imide groups is 1. The molecule has 1 fully saturated rings. The van der Waals surface area contributed by atoms with E-state index in [4.69, 9.17) is 0 Å². The second-order valence-corrected chi connectivity index (χ2v) is 8.30. The third-order valence-corrected chi connectivity index (χ3v) is 6.48. The van der Waals surface area contributed by atoms with Gasteiger partial charge in [0.2, 0.25) is 0 Å². The minimum atomic E-state index is -0.143. The van der Waals surface area contributed by atoms with Crippen LogP contribution in [-0.4, -0.2) is 34.7 Å². The first-order chi connectivity index (χ1) is 13.7. The molecule has 0 saturated carbocycles. The van der Waals surface area contributed by atoms with Gasteiger partial charge in [0.15, 0.2) is 0 Å². The number of benzene rings is 2. The van der Waals surface area contributed by atoms with Crippen LogP contribution in [0.2, 0.25) is 0 Å². The summed E-state index contributed by atoms with van der Waals surface area (Å²) >= 11 is 0. The Hall–Kier alpha value is -2.46. The SMILES string of the molecule is O=C1c2ccccc2C(=O)N1[C@@H]1CCCc2cc(CN3CCCCC3)ccc21. The summed E-state index contributed by atoms with van der Waals surface area (Å²) < 4.78 is 0. The number of likely N-dealkylation sites (tertiary alicyclic amines) is 1. The van der Waals surface area contributed by atoms with Crippen LogP contribution in [0, 0.1) is 0 Å². The average molecular weight is 374 g/mol. The lowest BCUT2D eigenvalue weighted by molar-refractivity contribution is 0.0566. The third-order valence-electron chi connectivity index (χ3n) is 6.48. The topological polar surface area (TPSA) is 40.6 Å². The highest BCUT2D eigenvalue weighted by atomic mass is 16.2. The molecule has 0 bridgehead atoms. The van der Waals surface area contributed by atoms with Crippen LogP contribution in [0.15, 0.2) is 42.5 Å². The zero-order valence-corrected chi connectivity index (χ0v) is 16.2. The van der Waals surface area contributed by atoms with Crippen LogP contribution in [0.4, 0.5) is 0 Å². The van der Waals surface area contributed by atoms with Gasteiger partial charge in [0.25, 0.3) is 11.8 Å². The predicted molar refractivity (Wildman–Crippen MR) is 108 cm³/mol. The molecular formula is C24H26N2O2. The maximum absolute atomic E-state index is 12.9. The van der Waals surface area contributed by atoms with E-state index in [1.165, 1.54) is 48.4 Å². The first kappa shape index (κ1) is 17.6. The first-order valence-corrected chi connectivity index (χ1v) is 10.5. The van der Waals surface area contributed by atoms with Crippen molar-refractivity contribution in [3.8, 4) is 0 Å². The van der Waals surface area contributed by atoms with Crippen LogP contribution in [0.3, 0.4) is 0 Å². The second kappa shape index (κ2) is 7.17. The van der Waals surface area contributed by atoms with E-state index in [1.54, 1.807) is 12.1 Å². The van der Waals surface area contributed by atoms with Crippen molar-refractivity contribution >= 4 is 11.8 Å². The van der Waals surface area contributed by atoms with Gasteiger partial charge >= 0.3 is 0 Å². The molecule has 3 aliphatic rings. The Morgan fingerprint density at radius 1 is 0.857 bits per heavy atom. The van der Waals surface area contributed by atoms with Gasteiger partial charge in [0, 0.05) is 6.54 Å².